The number of hydrogen-bond donors (Lipinski definition) is 1. The normalized spacial score (nSPS) is 11.3. The lowest BCUT2D eigenvalue weighted by atomic mass is 10.1. The maximum Gasteiger partial charge on any atom is 0.211 e. The molecule has 0 fully saturated rings. The van der Waals surface area contributed by atoms with Crippen molar-refractivity contribution in [2.24, 2.45) is 0 Å². The second-order valence-electron chi connectivity index (χ2n) is 6.13. The number of ether oxygens (including phenoxy) is 1. The molecule has 0 atom stereocenters. The molecule has 0 saturated carbocycles. The van der Waals surface area contributed by atoms with Gasteiger partial charge in [0.1, 0.15) is 5.75 Å². The van der Waals surface area contributed by atoms with Gasteiger partial charge in [0.05, 0.1) is 12.9 Å². The predicted molar refractivity (Wildman–Crippen MR) is 103 cm³/mol. The van der Waals surface area contributed by atoms with Gasteiger partial charge in [-0.2, -0.15) is 0 Å². The summed E-state index contributed by atoms with van der Waals surface area (Å²) in [5, 5.41) is 0. The highest BCUT2D eigenvalue weighted by Gasteiger charge is 2.10. The third kappa shape index (κ3) is 6.40. The molecule has 0 radical (unpaired) electrons. The molecule has 5 nitrogen and oxygen atoms in total. The minimum absolute atomic E-state index is 0.0692. The van der Waals surface area contributed by atoms with E-state index in [1.165, 1.54) is 0 Å². The molecule has 0 saturated heterocycles. The SMILES string of the molecule is COc1cccc(CCS(=O)(=O)NCCc2ccc(N(C)C)cc2)c1. The highest BCUT2D eigenvalue weighted by Crippen LogP contribution is 2.14. The second kappa shape index (κ2) is 8.87. The largest absolute Gasteiger partial charge is 0.497 e. The third-order valence-electron chi connectivity index (χ3n) is 3.98. The minimum atomic E-state index is -3.29. The van der Waals surface area contributed by atoms with E-state index in [9.17, 15) is 8.42 Å². The van der Waals surface area contributed by atoms with E-state index in [-0.39, 0.29) is 5.75 Å². The lowest BCUT2D eigenvalue weighted by molar-refractivity contribution is 0.414. The van der Waals surface area contributed by atoms with Crippen molar-refractivity contribution in [2.45, 2.75) is 12.8 Å². The van der Waals surface area contributed by atoms with Gasteiger partial charge in [0.15, 0.2) is 0 Å². The molecule has 0 bridgehead atoms. The van der Waals surface area contributed by atoms with Crippen LogP contribution in [0, 0.1) is 0 Å². The number of benzene rings is 2. The Balaban J connectivity index is 1.80. The Bertz CT molecular complexity index is 772. The zero-order valence-corrected chi connectivity index (χ0v) is 15.8. The summed E-state index contributed by atoms with van der Waals surface area (Å²) in [6.45, 7) is 0.405. The van der Waals surface area contributed by atoms with E-state index in [0.717, 1.165) is 22.6 Å². The van der Waals surface area contributed by atoms with Crippen LogP contribution in [0.15, 0.2) is 48.5 Å². The number of aryl methyl sites for hydroxylation is 1. The zero-order chi connectivity index (χ0) is 18.3. The molecule has 25 heavy (non-hydrogen) atoms. The quantitative estimate of drug-likeness (QED) is 0.744. The Morgan fingerprint density at radius 2 is 1.72 bits per heavy atom. The Morgan fingerprint density at radius 3 is 2.36 bits per heavy atom. The Hall–Kier alpha value is -2.05. The summed E-state index contributed by atoms with van der Waals surface area (Å²) >= 11 is 0. The van der Waals surface area contributed by atoms with Gasteiger partial charge in [-0.25, -0.2) is 13.1 Å². The number of methoxy groups -OCH3 is 1. The monoisotopic (exact) mass is 362 g/mol. The van der Waals surface area contributed by atoms with Crippen LogP contribution in [0.2, 0.25) is 0 Å². The van der Waals surface area contributed by atoms with Gasteiger partial charge >= 0.3 is 0 Å². The zero-order valence-electron chi connectivity index (χ0n) is 15.0. The maximum atomic E-state index is 12.1. The second-order valence-corrected chi connectivity index (χ2v) is 8.05. The summed E-state index contributed by atoms with van der Waals surface area (Å²) in [5.41, 5.74) is 3.19. The Labute approximate surface area is 150 Å². The molecule has 0 unspecified atom stereocenters. The van der Waals surface area contributed by atoms with Crippen LogP contribution < -0.4 is 14.4 Å². The van der Waals surface area contributed by atoms with Crippen molar-refractivity contribution in [1.82, 2.24) is 4.72 Å². The number of hydrogen-bond acceptors (Lipinski definition) is 4. The molecule has 0 spiro atoms. The maximum absolute atomic E-state index is 12.1. The number of anilines is 1. The van der Waals surface area contributed by atoms with Crippen LogP contribution in [0.1, 0.15) is 11.1 Å². The molecule has 0 amide bonds. The van der Waals surface area contributed by atoms with Gasteiger partial charge in [-0.05, 0) is 48.2 Å². The lowest BCUT2D eigenvalue weighted by Gasteiger charge is -2.13. The van der Waals surface area contributed by atoms with Crippen LogP contribution in [-0.2, 0) is 22.9 Å². The summed E-state index contributed by atoms with van der Waals surface area (Å²) < 4.78 is 32.1. The molecule has 0 aromatic heterocycles. The highest BCUT2D eigenvalue weighted by molar-refractivity contribution is 7.89. The van der Waals surface area contributed by atoms with Crippen LogP contribution in [-0.4, -0.2) is 41.9 Å². The van der Waals surface area contributed by atoms with Gasteiger partial charge in [-0.1, -0.05) is 24.3 Å². The summed E-state index contributed by atoms with van der Waals surface area (Å²) in [6, 6.07) is 15.6. The van der Waals surface area contributed by atoms with Crippen molar-refractivity contribution in [2.75, 3.05) is 38.4 Å². The van der Waals surface area contributed by atoms with Crippen molar-refractivity contribution in [1.29, 1.82) is 0 Å². The molecule has 2 aromatic carbocycles. The van der Waals surface area contributed by atoms with Crippen molar-refractivity contribution in [3.05, 3.63) is 59.7 Å². The average Bonchev–Trinajstić information content (AvgIpc) is 2.60. The lowest BCUT2D eigenvalue weighted by Crippen LogP contribution is -2.29. The molecule has 0 aliphatic rings. The molecule has 136 valence electrons. The molecule has 0 aliphatic carbocycles. The average molecular weight is 362 g/mol. The van der Waals surface area contributed by atoms with Crippen LogP contribution in [0.25, 0.3) is 0 Å². The van der Waals surface area contributed by atoms with Crippen molar-refractivity contribution >= 4 is 15.7 Å². The molecule has 0 aliphatic heterocycles. The fraction of sp³-hybridized carbons (Fsp3) is 0.368. The van der Waals surface area contributed by atoms with Gasteiger partial charge in [-0.3, -0.25) is 0 Å². The van der Waals surface area contributed by atoms with E-state index >= 15 is 0 Å². The fourth-order valence-corrected chi connectivity index (χ4v) is 3.53. The first kappa shape index (κ1) is 19.3. The van der Waals surface area contributed by atoms with E-state index in [0.29, 0.717) is 19.4 Å². The Kier molecular flexibility index (Phi) is 6.84. The van der Waals surface area contributed by atoms with Crippen LogP contribution in [0.4, 0.5) is 5.69 Å². The van der Waals surface area contributed by atoms with E-state index in [4.69, 9.17) is 4.74 Å². The summed E-state index contributed by atoms with van der Waals surface area (Å²) in [5.74, 6) is 0.809. The van der Waals surface area contributed by atoms with Crippen molar-refractivity contribution in [3.63, 3.8) is 0 Å². The fourth-order valence-electron chi connectivity index (χ4n) is 2.46. The number of nitrogens with one attached hydrogen (secondary N) is 1. The smallest absolute Gasteiger partial charge is 0.211 e. The van der Waals surface area contributed by atoms with Crippen molar-refractivity contribution in [3.8, 4) is 5.75 Å². The summed E-state index contributed by atoms with van der Waals surface area (Å²) in [6.07, 6.45) is 1.14. The molecular formula is C19H26N2O3S. The summed E-state index contributed by atoms with van der Waals surface area (Å²) in [4.78, 5) is 2.03. The highest BCUT2D eigenvalue weighted by atomic mass is 32.2. The first-order chi connectivity index (χ1) is 11.9. The number of rotatable bonds is 9. The first-order valence-corrected chi connectivity index (χ1v) is 9.91. The molecule has 0 heterocycles. The standard InChI is InChI=1S/C19H26N2O3S/c1-21(2)18-9-7-16(8-10-18)11-13-20-25(22,23)14-12-17-5-4-6-19(15-17)24-3/h4-10,15,20H,11-14H2,1-3H3. The van der Waals surface area contributed by atoms with E-state index in [1.54, 1.807) is 7.11 Å². The minimum Gasteiger partial charge on any atom is -0.497 e. The van der Waals surface area contributed by atoms with Gasteiger partial charge in [0, 0.05) is 26.3 Å². The van der Waals surface area contributed by atoms with E-state index in [1.807, 2.05) is 67.5 Å². The third-order valence-corrected chi connectivity index (χ3v) is 5.37. The van der Waals surface area contributed by atoms with E-state index < -0.39 is 10.0 Å². The van der Waals surface area contributed by atoms with Gasteiger partial charge in [0.2, 0.25) is 10.0 Å². The Morgan fingerprint density at radius 1 is 1.00 bits per heavy atom. The molecule has 6 heteroatoms. The molecule has 2 rings (SSSR count). The molecular weight excluding hydrogens is 336 g/mol. The van der Waals surface area contributed by atoms with E-state index in [2.05, 4.69) is 4.72 Å². The van der Waals surface area contributed by atoms with Gasteiger partial charge < -0.3 is 9.64 Å². The van der Waals surface area contributed by atoms with Crippen LogP contribution >= 0.6 is 0 Å². The first-order valence-electron chi connectivity index (χ1n) is 8.26. The number of sulfonamides is 1. The van der Waals surface area contributed by atoms with Crippen LogP contribution in [0.5, 0.6) is 5.75 Å². The number of nitrogens with zero attached hydrogens (tertiary/aromatic N) is 1. The molecule has 2 aromatic rings. The molecule has 1 N–H and O–H groups in total. The van der Waals surface area contributed by atoms with Gasteiger partial charge in [0.25, 0.3) is 0 Å². The topological polar surface area (TPSA) is 58.6 Å². The summed E-state index contributed by atoms with van der Waals surface area (Å²) in [7, 11) is 2.29. The van der Waals surface area contributed by atoms with Gasteiger partial charge in [-0.15, -0.1) is 0 Å². The van der Waals surface area contributed by atoms with Crippen molar-refractivity contribution < 1.29 is 13.2 Å². The predicted octanol–water partition coefficient (Wildman–Crippen LogP) is 2.47. The van der Waals surface area contributed by atoms with Crippen LogP contribution in [0.3, 0.4) is 0 Å².